The van der Waals surface area contributed by atoms with Gasteiger partial charge in [-0.1, -0.05) is 97.1 Å². The van der Waals surface area contributed by atoms with Crippen molar-refractivity contribution >= 4 is 11.5 Å². The Morgan fingerprint density at radius 3 is 1.94 bits per heavy atom. The fraction of sp³-hybridized carbons (Fsp3) is 0.222. The van der Waals surface area contributed by atoms with Crippen LogP contribution >= 0.6 is 0 Å². The number of rotatable bonds is 11. The van der Waals surface area contributed by atoms with E-state index in [1.807, 2.05) is 66.7 Å². The predicted octanol–water partition coefficient (Wildman–Crippen LogP) is 4.17. The van der Waals surface area contributed by atoms with Crippen LogP contribution in [0.2, 0.25) is 0 Å². The molecule has 0 heterocycles. The third-order valence-electron chi connectivity index (χ3n) is 5.10. The topological polar surface area (TPSA) is 61.4 Å². The molecule has 1 unspecified atom stereocenters. The van der Waals surface area contributed by atoms with Crippen molar-refractivity contribution in [3.63, 3.8) is 0 Å². The molecule has 1 atom stereocenters. The summed E-state index contributed by atoms with van der Waals surface area (Å²) in [6.07, 6.45) is 3.36. The summed E-state index contributed by atoms with van der Waals surface area (Å²) in [7, 11) is 0. The lowest BCUT2D eigenvalue weighted by Gasteiger charge is -2.17. The fourth-order valence-corrected chi connectivity index (χ4v) is 3.48. The SMILES string of the molecule is O=C(NCc1ccccc1)C(CCO)NCCC=C(c1ccccc1)c1ccccc1. The average molecular weight is 415 g/mol. The maximum atomic E-state index is 12.6. The van der Waals surface area contributed by atoms with Crippen molar-refractivity contribution in [2.24, 2.45) is 0 Å². The molecule has 0 aliphatic heterocycles. The van der Waals surface area contributed by atoms with E-state index in [-0.39, 0.29) is 12.5 Å². The molecule has 4 heteroatoms. The van der Waals surface area contributed by atoms with E-state index in [0.29, 0.717) is 19.5 Å². The lowest BCUT2D eigenvalue weighted by Crippen LogP contribution is -2.44. The number of hydrogen-bond donors (Lipinski definition) is 3. The van der Waals surface area contributed by atoms with E-state index >= 15 is 0 Å². The van der Waals surface area contributed by atoms with Crippen LogP contribution in [0.4, 0.5) is 0 Å². The summed E-state index contributed by atoms with van der Waals surface area (Å²) in [5.41, 5.74) is 4.56. The molecule has 4 nitrogen and oxygen atoms in total. The number of carbonyl (C=O) groups is 1. The molecule has 160 valence electrons. The summed E-state index contributed by atoms with van der Waals surface area (Å²) in [5.74, 6) is -0.0896. The molecule has 0 aliphatic carbocycles. The molecule has 0 radical (unpaired) electrons. The summed E-state index contributed by atoms with van der Waals surface area (Å²) in [5, 5.41) is 15.6. The van der Waals surface area contributed by atoms with Gasteiger partial charge in [0.2, 0.25) is 5.91 Å². The Morgan fingerprint density at radius 2 is 1.39 bits per heavy atom. The quantitative estimate of drug-likeness (QED) is 0.413. The molecule has 0 spiro atoms. The molecular formula is C27H30N2O2. The lowest BCUT2D eigenvalue weighted by atomic mass is 9.97. The number of aliphatic hydroxyl groups excluding tert-OH is 1. The monoisotopic (exact) mass is 414 g/mol. The average Bonchev–Trinajstić information content (AvgIpc) is 2.83. The van der Waals surface area contributed by atoms with Crippen molar-refractivity contribution < 1.29 is 9.90 Å². The van der Waals surface area contributed by atoms with Gasteiger partial charge in [-0.2, -0.15) is 0 Å². The first-order chi connectivity index (χ1) is 15.3. The van der Waals surface area contributed by atoms with Gasteiger partial charge in [-0.15, -0.1) is 0 Å². The molecule has 0 bridgehead atoms. The second kappa shape index (κ2) is 12.5. The molecule has 3 rings (SSSR count). The summed E-state index contributed by atoms with van der Waals surface area (Å²) >= 11 is 0. The minimum atomic E-state index is -0.418. The van der Waals surface area contributed by atoms with E-state index in [9.17, 15) is 9.90 Å². The summed E-state index contributed by atoms with van der Waals surface area (Å²) < 4.78 is 0. The minimum Gasteiger partial charge on any atom is -0.396 e. The molecule has 3 N–H and O–H groups in total. The third-order valence-corrected chi connectivity index (χ3v) is 5.10. The minimum absolute atomic E-state index is 0.0362. The van der Waals surface area contributed by atoms with E-state index < -0.39 is 6.04 Å². The summed E-state index contributed by atoms with van der Waals surface area (Å²) in [4.78, 5) is 12.6. The first-order valence-corrected chi connectivity index (χ1v) is 10.7. The van der Waals surface area contributed by atoms with Crippen molar-refractivity contribution in [1.82, 2.24) is 10.6 Å². The Kier molecular flexibility index (Phi) is 9.05. The zero-order valence-corrected chi connectivity index (χ0v) is 17.7. The van der Waals surface area contributed by atoms with Gasteiger partial charge >= 0.3 is 0 Å². The van der Waals surface area contributed by atoms with E-state index in [1.165, 1.54) is 16.7 Å². The van der Waals surface area contributed by atoms with Gasteiger partial charge in [0.25, 0.3) is 0 Å². The molecule has 0 saturated heterocycles. The largest absolute Gasteiger partial charge is 0.396 e. The van der Waals surface area contributed by atoms with Gasteiger partial charge in [-0.3, -0.25) is 4.79 Å². The molecule has 1 amide bonds. The van der Waals surface area contributed by atoms with Gasteiger partial charge < -0.3 is 15.7 Å². The highest BCUT2D eigenvalue weighted by molar-refractivity contribution is 5.82. The number of nitrogens with one attached hydrogen (secondary N) is 2. The van der Waals surface area contributed by atoms with Crippen molar-refractivity contribution in [3.05, 3.63) is 114 Å². The third kappa shape index (κ3) is 7.21. The number of benzene rings is 3. The fourth-order valence-electron chi connectivity index (χ4n) is 3.48. The molecule has 0 fully saturated rings. The molecule has 3 aromatic rings. The van der Waals surface area contributed by atoms with Crippen LogP contribution in [0.25, 0.3) is 5.57 Å². The van der Waals surface area contributed by atoms with Crippen LogP contribution in [0.5, 0.6) is 0 Å². The summed E-state index contributed by atoms with van der Waals surface area (Å²) in [6.45, 7) is 1.09. The highest BCUT2D eigenvalue weighted by Crippen LogP contribution is 2.23. The number of aliphatic hydroxyl groups is 1. The zero-order chi connectivity index (χ0) is 21.7. The van der Waals surface area contributed by atoms with E-state index in [0.717, 1.165) is 12.0 Å². The Hall–Kier alpha value is -3.21. The van der Waals surface area contributed by atoms with Gasteiger partial charge in [0.15, 0.2) is 0 Å². The number of amides is 1. The molecule has 31 heavy (non-hydrogen) atoms. The van der Waals surface area contributed by atoms with Crippen LogP contribution < -0.4 is 10.6 Å². The Labute approximate surface area is 184 Å². The highest BCUT2D eigenvalue weighted by Gasteiger charge is 2.16. The Morgan fingerprint density at radius 1 is 0.839 bits per heavy atom. The lowest BCUT2D eigenvalue weighted by molar-refractivity contribution is -0.123. The molecule has 0 aliphatic rings. The van der Waals surface area contributed by atoms with Crippen LogP contribution in [0.3, 0.4) is 0 Å². The first kappa shape index (κ1) is 22.5. The Balaban J connectivity index is 1.59. The molecule has 3 aromatic carbocycles. The Bertz CT molecular complexity index is 899. The molecular weight excluding hydrogens is 384 g/mol. The molecule has 0 saturated carbocycles. The predicted molar refractivity (Wildman–Crippen MR) is 126 cm³/mol. The van der Waals surface area contributed by atoms with Crippen LogP contribution in [0, 0.1) is 0 Å². The van der Waals surface area contributed by atoms with Gasteiger partial charge in [-0.05, 0) is 41.6 Å². The first-order valence-electron chi connectivity index (χ1n) is 10.7. The van der Waals surface area contributed by atoms with Gasteiger partial charge in [-0.25, -0.2) is 0 Å². The van der Waals surface area contributed by atoms with Crippen LogP contribution in [0.15, 0.2) is 97.1 Å². The second-order valence-corrected chi connectivity index (χ2v) is 7.36. The molecule has 0 aromatic heterocycles. The van der Waals surface area contributed by atoms with Crippen LogP contribution in [-0.2, 0) is 11.3 Å². The van der Waals surface area contributed by atoms with Crippen LogP contribution in [-0.4, -0.2) is 30.2 Å². The van der Waals surface area contributed by atoms with Crippen molar-refractivity contribution in [1.29, 1.82) is 0 Å². The van der Waals surface area contributed by atoms with Crippen molar-refractivity contribution in [3.8, 4) is 0 Å². The number of hydrogen-bond acceptors (Lipinski definition) is 3. The van der Waals surface area contributed by atoms with Crippen molar-refractivity contribution in [2.45, 2.75) is 25.4 Å². The smallest absolute Gasteiger partial charge is 0.237 e. The normalized spacial score (nSPS) is 11.5. The second-order valence-electron chi connectivity index (χ2n) is 7.36. The van der Waals surface area contributed by atoms with Gasteiger partial charge in [0, 0.05) is 13.2 Å². The van der Waals surface area contributed by atoms with Gasteiger partial charge in [0.05, 0.1) is 6.04 Å². The standard InChI is InChI=1S/C27H30N2O2/c30-20-18-26(27(31)29-21-22-11-4-1-5-12-22)28-19-10-17-25(23-13-6-2-7-14-23)24-15-8-3-9-16-24/h1-9,11-17,26,28,30H,10,18-21H2,(H,29,31). The van der Waals surface area contributed by atoms with E-state index in [2.05, 4.69) is 41.0 Å². The highest BCUT2D eigenvalue weighted by atomic mass is 16.3. The maximum absolute atomic E-state index is 12.6. The van der Waals surface area contributed by atoms with Crippen molar-refractivity contribution in [2.75, 3.05) is 13.2 Å². The maximum Gasteiger partial charge on any atom is 0.237 e. The van der Waals surface area contributed by atoms with E-state index in [1.54, 1.807) is 0 Å². The number of carbonyl (C=O) groups excluding carboxylic acids is 1. The summed E-state index contributed by atoms with van der Waals surface area (Å²) in [6, 6.07) is 30.0. The van der Waals surface area contributed by atoms with E-state index in [4.69, 9.17) is 0 Å². The zero-order valence-electron chi connectivity index (χ0n) is 17.7. The van der Waals surface area contributed by atoms with Crippen LogP contribution in [0.1, 0.15) is 29.5 Å². The van der Waals surface area contributed by atoms with Gasteiger partial charge in [0.1, 0.15) is 0 Å².